The highest BCUT2D eigenvalue weighted by Crippen LogP contribution is 2.37. The van der Waals surface area contributed by atoms with Gasteiger partial charge in [-0.1, -0.05) is 18.1 Å². The summed E-state index contributed by atoms with van der Waals surface area (Å²) in [5.41, 5.74) is -0.161. The molecule has 3 atom stereocenters. The van der Waals surface area contributed by atoms with Crippen LogP contribution in [0.3, 0.4) is 0 Å². The van der Waals surface area contributed by atoms with E-state index < -0.39 is 11.7 Å². The quantitative estimate of drug-likeness (QED) is 0.597. The van der Waals surface area contributed by atoms with E-state index in [0.717, 1.165) is 57.8 Å². The maximum absolute atomic E-state index is 12.5. The van der Waals surface area contributed by atoms with Crippen molar-refractivity contribution in [3.05, 3.63) is 11.9 Å². The Bertz CT molecular complexity index is 699. The molecule has 1 saturated carbocycles. The minimum Gasteiger partial charge on any atom is -0.394 e. The van der Waals surface area contributed by atoms with Gasteiger partial charge < -0.3 is 25.0 Å². The van der Waals surface area contributed by atoms with E-state index in [0.29, 0.717) is 25.5 Å². The molecule has 1 aromatic rings. The average molecular weight is 423 g/mol. The van der Waals surface area contributed by atoms with Crippen molar-refractivity contribution in [2.75, 3.05) is 19.8 Å². The molecule has 30 heavy (non-hydrogen) atoms. The zero-order valence-electron chi connectivity index (χ0n) is 17.5. The molecule has 0 bridgehead atoms. The van der Waals surface area contributed by atoms with E-state index in [4.69, 9.17) is 9.47 Å². The summed E-state index contributed by atoms with van der Waals surface area (Å²) in [5.74, 6) is 0.0378. The Morgan fingerprint density at radius 1 is 1.23 bits per heavy atom. The van der Waals surface area contributed by atoms with Crippen molar-refractivity contribution in [3.8, 4) is 0 Å². The van der Waals surface area contributed by atoms with Crippen LogP contribution in [-0.2, 0) is 26.4 Å². The number of rotatable bonds is 7. The fourth-order valence-electron chi connectivity index (χ4n) is 4.88. The van der Waals surface area contributed by atoms with Crippen LogP contribution in [0.5, 0.6) is 0 Å². The summed E-state index contributed by atoms with van der Waals surface area (Å²) in [6.07, 6.45) is 8.84. The molecule has 1 aliphatic carbocycles. The Balaban J connectivity index is 1.25. The van der Waals surface area contributed by atoms with Crippen molar-refractivity contribution >= 4 is 5.91 Å². The van der Waals surface area contributed by atoms with E-state index in [2.05, 4.69) is 15.6 Å². The summed E-state index contributed by atoms with van der Waals surface area (Å²) in [5, 5.41) is 31.9. The van der Waals surface area contributed by atoms with Crippen LogP contribution in [0.2, 0.25) is 0 Å². The molecule has 0 aromatic carbocycles. The number of carbonyl (C=O) groups is 1. The Hall–Kier alpha value is -1.55. The zero-order chi connectivity index (χ0) is 21.0. The molecule has 1 amide bonds. The number of ether oxygens (including phenoxy) is 2. The highest BCUT2D eigenvalue weighted by Gasteiger charge is 2.36. The molecule has 168 valence electrons. The predicted molar refractivity (Wildman–Crippen MR) is 107 cm³/mol. The molecule has 3 aliphatic rings. The van der Waals surface area contributed by atoms with Gasteiger partial charge in [0.15, 0.2) is 0 Å². The third-order valence-corrected chi connectivity index (χ3v) is 6.84. The second kappa shape index (κ2) is 9.72. The smallest absolute Gasteiger partial charge is 0.223 e. The largest absolute Gasteiger partial charge is 0.394 e. The molecular weight excluding hydrogens is 388 g/mol. The summed E-state index contributed by atoms with van der Waals surface area (Å²) in [6, 6.07) is -0.156. The molecule has 0 radical (unpaired) electrons. The number of hydrogen-bond acceptors (Lipinski definition) is 7. The topological polar surface area (TPSA) is 119 Å². The molecule has 9 heteroatoms. The first-order chi connectivity index (χ1) is 14.6. The predicted octanol–water partition coefficient (Wildman–Crippen LogP) is 0.881. The molecular formula is C21H34N4O5. The molecule has 2 saturated heterocycles. The maximum Gasteiger partial charge on any atom is 0.223 e. The summed E-state index contributed by atoms with van der Waals surface area (Å²) < 4.78 is 13.2. The van der Waals surface area contributed by atoms with Crippen molar-refractivity contribution in [2.24, 2.45) is 5.92 Å². The number of aromatic nitrogens is 3. The minimum absolute atomic E-state index is 0.000555. The number of aryl methyl sites for hydroxylation is 1. The first-order valence-corrected chi connectivity index (χ1v) is 11.3. The fourth-order valence-corrected chi connectivity index (χ4v) is 4.88. The van der Waals surface area contributed by atoms with Crippen molar-refractivity contribution in [3.63, 3.8) is 0 Å². The van der Waals surface area contributed by atoms with Gasteiger partial charge >= 0.3 is 0 Å². The third kappa shape index (κ3) is 5.01. The number of nitrogens with zero attached hydrogens (tertiary/aromatic N) is 3. The van der Waals surface area contributed by atoms with E-state index in [1.807, 2.05) is 6.20 Å². The number of hydrogen-bond donors (Lipinski definition) is 3. The van der Waals surface area contributed by atoms with Crippen molar-refractivity contribution < 1.29 is 24.5 Å². The van der Waals surface area contributed by atoms with E-state index in [-0.39, 0.29) is 30.6 Å². The van der Waals surface area contributed by atoms with Gasteiger partial charge in [-0.3, -0.25) is 9.48 Å². The number of carbonyl (C=O) groups excluding carboxylic acids is 1. The first kappa shape index (κ1) is 21.7. The second-order valence-corrected chi connectivity index (χ2v) is 8.95. The van der Waals surface area contributed by atoms with Gasteiger partial charge in [-0.25, -0.2) is 0 Å². The Kier molecular flexibility index (Phi) is 7.02. The first-order valence-electron chi connectivity index (χ1n) is 11.3. The van der Waals surface area contributed by atoms with E-state index in [1.54, 1.807) is 4.68 Å². The summed E-state index contributed by atoms with van der Waals surface area (Å²) in [6.45, 7) is 1.79. The number of aliphatic hydroxyl groups is 2. The average Bonchev–Trinajstić information content (AvgIpc) is 3.44. The van der Waals surface area contributed by atoms with Crippen molar-refractivity contribution in [2.45, 2.75) is 88.2 Å². The van der Waals surface area contributed by atoms with Crippen LogP contribution >= 0.6 is 0 Å². The monoisotopic (exact) mass is 422 g/mol. The third-order valence-electron chi connectivity index (χ3n) is 6.84. The number of aliphatic hydroxyl groups excluding tert-OH is 1. The molecule has 3 heterocycles. The lowest BCUT2D eigenvalue weighted by Gasteiger charge is -2.37. The molecule has 1 aromatic heterocycles. The summed E-state index contributed by atoms with van der Waals surface area (Å²) in [7, 11) is 0. The van der Waals surface area contributed by atoms with Crippen LogP contribution in [0.1, 0.15) is 63.5 Å². The van der Waals surface area contributed by atoms with Gasteiger partial charge in [-0.15, -0.1) is 5.10 Å². The van der Waals surface area contributed by atoms with Crippen LogP contribution in [0.15, 0.2) is 6.20 Å². The maximum atomic E-state index is 12.5. The molecule has 0 spiro atoms. The van der Waals surface area contributed by atoms with Gasteiger partial charge in [0.2, 0.25) is 5.91 Å². The Morgan fingerprint density at radius 3 is 2.73 bits per heavy atom. The van der Waals surface area contributed by atoms with Crippen molar-refractivity contribution in [1.29, 1.82) is 0 Å². The second-order valence-electron chi connectivity index (χ2n) is 8.95. The lowest BCUT2D eigenvalue weighted by molar-refractivity contribution is -0.134. The summed E-state index contributed by atoms with van der Waals surface area (Å²) in [4.78, 5) is 12.5. The fraction of sp³-hybridized carbons (Fsp3) is 0.857. The van der Waals surface area contributed by atoms with Gasteiger partial charge in [0.05, 0.1) is 24.9 Å². The number of nitrogens with one attached hydrogen (secondary N) is 1. The van der Waals surface area contributed by atoms with Gasteiger partial charge in [-0.05, 0) is 44.9 Å². The normalized spacial score (nSPS) is 29.7. The molecule has 3 N–H and O–H groups in total. The van der Waals surface area contributed by atoms with Crippen molar-refractivity contribution in [1.82, 2.24) is 20.3 Å². The lowest BCUT2D eigenvalue weighted by atomic mass is 9.94. The Labute approximate surface area is 177 Å². The van der Waals surface area contributed by atoms with Crippen LogP contribution < -0.4 is 5.32 Å². The highest BCUT2D eigenvalue weighted by atomic mass is 16.5. The Morgan fingerprint density at radius 2 is 2.00 bits per heavy atom. The highest BCUT2D eigenvalue weighted by molar-refractivity contribution is 5.79. The van der Waals surface area contributed by atoms with Crippen LogP contribution in [0, 0.1) is 5.92 Å². The molecule has 4 rings (SSSR count). The molecule has 0 unspecified atom stereocenters. The van der Waals surface area contributed by atoms with E-state index in [9.17, 15) is 15.0 Å². The minimum atomic E-state index is -0.822. The van der Waals surface area contributed by atoms with E-state index in [1.165, 1.54) is 0 Å². The molecule has 9 nitrogen and oxygen atoms in total. The van der Waals surface area contributed by atoms with Gasteiger partial charge in [0.25, 0.3) is 0 Å². The lowest BCUT2D eigenvalue weighted by Crippen LogP contribution is -2.52. The van der Waals surface area contributed by atoms with Crippen LogP contribution in [0.25, 0.3) is 0 Å². The van der Waals surface area contributed by atoms with Gasteiger partial charge in [-0.2, -0.15) is 0 Å². The molecule has 3 fully saturated rings. The van der Waals surface area contributed by atoms with E-state index >= 15 is 0 Å². The number of amides is 1. The molecule has 2 aliphatic heterocycles. The SMILES string of the molecule is O=C(N[C@@H]1CC[C@@H](CCn2cc(C3(O)CCCC3)nn2)O[C@H]1CO)C1CCOCC1. The van der Waals surface area contributed by atoms with Crippen LogP contribution in [-0.4, -0.2) is 69.2 Å². The zero-order valence-corrected chi connectivity index (χ0v) is 17.5. The standard InChI is InChI=1S/C21H34N4O5/c26-14-18-17(22-20(27)15-6-11-29-12-7-15)4-3-16(30-18)5-10-25-13-19(23-24-25)21(28)8-1-2-9-21/h13,15-18,26,28H,1-12,14H2,(H,22,27)/t16-,17+,18-/m0/s1. The van der Waals surface area contributed by atoms with Gasteiger partial charge in [0.1, 0.15) is 17.4 Å². The van der Waals surface area contributed by atoms with Gasteiger partial charge in [0, 0.05) is 25.7 Å². The summed E-state index contributed by atoms with van der Waals surface area (Å²) >= 11 is 0. The van der Waals surface area contributed by atoms with Crippen LogP contribution in [0.4, 0.5) is 0 Å².